The summed E-state index contributed by atoms with van der Waals surface area (Å²) < 4.78 is 0. The van der Waals surface area contributed by atoms with Crippen molar-refractivity contribution in [2.75, 3.05) is 20.1 Å². The van der Waals surface area contributed by atoms with Gasteiger partial charge in [0.05, 0.1) is 6.42 Å². The van der Waals surface area contributed by atoms with Crippen molar-refractivity contribution in [2.24, 2.45) is 11.7 Å². The number of piperidine rings is 1. The summed E-state index contributed by atoms with van der Waals surface area (Å²) in [5.74, 6) is 0.258. The van der Waals surface area contributed by atoms with Crippen LogP contribution >= 0.6 is 0 Å². The minimum absolute atomic E-state index is 0.0443. The number of rotatable bonds is 4. The zero-order valence-corrected chi connectivity index (χ0v) is 12.5. The molecule has 0 atom stereocenters. The van der Waals surface area contributed by atoms with E-state index < -0.39 is 0 Å². The van der Waals surface area contributed by atoms with Gasteiger partial charge in [-0.2, -0.15) is 0 Å². The molecule has 0 saturated carbocycles. The lowest BCUT2D eigenvalue weighted by Gasteiger charge is -2.31. The van der Waals surface area contributed by atoms with Crippen LogP contribution in [0.2, 0.25) is 0 Å². The SMILES string of the molecule is CNC(=O)C1CCN(C(=O)Cc2ccc(CN)cc2)CC1. The fourth-order valence-corrected chi connectivity index (χ4v) is 2.67. The predicted molar refractivity (Wildman–Crippen MR) is 81.4 cm³/mol. The Kier molecular flexibility index (Phi) is 5.33. The molecule has 2 rings (SSSR count). The molecular weight excluding hydrogens is 266 g/mol. The Hall–Kier alpha value is -1.88. The van der Waals surface area contributed by atoms with Crippen molar-refractivity contribution >= 4 is 11.8 Å². The van der Waals surface area contributed by atoms with Crippen molar-refractivity contribution in [1.82, 2.24) is 10.2 Å². The average Bonchev–Trinajstić information content (AvgIpc) is 2.55. The molecule has 114 valence electrons. The van der Waals surface area contributed by atoms with Crippen LogP contribution < -0.4 is 11.1 Å². The van der Waals surface area contributed by atoms with E-state index in [2.05, 4.69) is 5.32 Å². The number of carbonyl (C=O) groups is 2. The lowest BCUT2D eigenvalue weighted by molar-refractivity contribution is -0.134. The second-order valence-electron chi connectivity index (χ2n) is 5.47. The lowest BCUT2D eigenvalue weighted by atomic mass is 9.95. The Morgan fingerprint density at radius 1 is 1.19 bits per heavy atom. The number of likely N-dealkylation sites (tertiary alicyclic amines) is 1. The van der Waals surface area contributed by atoms with E-state index in [1.54, 1.807) is 7.05 Å². The van der Waals surface area contributed by atoms with E-state index in [0.717, 1.165) is 24.0 Å². The maximum atomic E-state index is 12.3. The summed E-state index contributed by atoms with van der Waals surface area (Å²) >= 11 is 0. The second-order valence-corrected chi connectivity index (χ2v) is 5.47. The molecule has 5 nitrogen and oxygen atoms in total. The van der Waals surface area contributed by atoms with Gasteiger partial charge in [-0.25, -0.2) is 0 Å². The van der Waals surface area contributed by atoms with Crippen LogP contribution in [-0.4, -0.2) is 36.9 Å². The van der Waals surface area contributed by atoms with Crippen LogP contribution in [0, 0.1) is 5.92 Å². The van der Waals surface area contributed by atoms with Gasteiger partial charge in [-0.1, -0.05) is 24.3 Å². The fraction of sp³-hybridized carbons (Fsp3) is 0.500. The number of nitrogens with one attached hydrogen (secondary N) is 1. The number of hydrogen-bond donors (Lipinski definition) is 2. The van der Waals surface area contributed by atoms with Crippen LogP contribution in [0.1, 0.15) is 24.0 Å². The van der Waals surface area contributed by atoms with Gasteiger partial charge in [0.25, 0.3) is 0 Å². The van der Waals surface area contributed by atoms with Gasteiger partial charge in [0.1, 0.15) is 0 Å². The standard InChI is InChI=1S/C16H23N3O2/c1-18-16(21)14-6-8-19(9-7-14)15(20)10-12-2-4-13(11-17)5-3-12/h2-5,14H,6-11,17H2,1H3,(H,18,21). The zero-order chi connectivity index (χ0) is 15.2. The summed E-state index contributed by atoms with van der Waals surface area (Å²) in [5.41, 5.74) is 7.63. The van der Waals surface area contributed by atoms with E-state index >= 15 is 0 Å². The molecule has 0 radical (unpaired) electrons. The summed E-state index contributed by atoms with van der Waals surface area (Å²) in [5, 5.41) is 2.68. The number of hydrogen-bond acceptors (Lipinski definition) is 3. The Balaban J connectivity index is 1.85. The largest absolute Gasteiger partial charge is 0.359 e. The summed E-state index contributed by atoms with van der Waals surface area (Å²) in [4.78, 5) is 25.7. The van der Waals surface area contributed by atoms with Crippen LogP contribution in [0.3, 0.4) is 0 Å². The highest BCUT2D eigenvalue weighted by Crippen LogP contribution is 2.18. The third-order valence-electron chi connectivity index (χ3n) is 4.08. The third kappa shape index (κ3) is 4.04. The molecule has 1 aliphatic heterocycles. The topological polar surface area (TPSA) is 75.4 Å². The molecule has 2 amide bonds. The molecule has 0 unspecified atom stereocenters. The van der Waals surface area contributed by atoms with Crippen LogP contribution in [0.5, 0.6) is 0 Å². The Bertz CT molecular complexity index is 491. The minimum atomic E-state index is 0.0443. The van der Waals surface area contributed by atoms with E-state index in [1.165, 1.54) is 0 Å². The summed E-state index contributed by atoms with van der Waals surface area (Å²) in [6.45, 7) is 1.84. The van der Waals surface area contributed by atoms with Crippen LogP contribution in [0.4, 0.5) is 0 Å². The highest BCUT2D eigenvalue weighted by molar-refractivity contribution is 5.80. The van der Waals surface area contributed by atoms with Gasteiger partial charge in [0, 0.05) is 32.6 Å². The number of nitrogens with zero attached hydrogens (tertiary/aromatic N) is 1. The predicted octanol–water partition coefficient (Wildman–Crippen LogP) is 0.672. The number of amides is 2. The molecule has 0 bridgehead atoms. The molecule has 3 N–H and O–H groups in total. The van der Waals surface area contributed by atoms with Gasteiger partial charge < -0.3 is 16.0 Å². The first-order valence-electron chi connectivity index (χ1n) is 7.41. The molecule has 1 aliphatic rings. The first-order valence-corrected chi connectivity index (χ1v) is 7.41. The molecule has 1 heterocycles. The van der Waals surface area contributed by atoms with Gasteiger partial charge >= 0.3 is 0 Å². The number of nitrogens with two attached hydrogens (primary N) is 1. The van der Waals surface area contributed by atoms with Crippen molar-refractivity contribution in [1.29, 1.82) is 0 Å². The second kappa shape index (κ2) is 7.22. The quantitative estimate of drug-likeness (QED) is 0.855. The number of carbonyl (C=O) groups excluding carboxylic acids is 2. The van der Waals surface area contributed by atoms with Crippen LogP contribution in [0.15, 0.2) is 24.3 Å². The number of benzene rings is 1. The highest BCUT2D eigenvalue weighted by atomic mass is 16.2. The Labute approximate surface area is 125 Å². The van der Waals surface area contributed by atoms with Gasteiger partial charge in [0.2, 0.25) is 11.8 Å². The van der Waals surface area contributed by atoms with E-state index in [1.807, 2.05) is 29.2 Å². The zero-order valence-electron chi connectivity index (χ0n) is 12.5. The van der Waals surface area contributed by atoms with E-state index in [9.17, 15) is 9.59 Å². The molecule has 1 aromatic carbocycles. The van der Waals surface area contributed by atoms with Gasteiger partial charge in [-0.15, -0.1) is 0 Å². The normalized spacial score (nSPS) is 15.8. The van der Waals surface area contributed by atoms with Crippen LogP contribution in [-0.2, 0) is 22.6 Å². The maximum absolute atomic E-state index is 12.3. The smallest absolute Gasteiger partial charge is 0.226 e. The van der Waals surface area contributed by atoms with Crippen molar-refractivity contribution in [2.45, 2.75) is 25.8 Å². The summed E-state index contributed by atoms with van der Waals surface area (Å²) in [6, 6.07) is 7.83. The van der Waals surface area contributed by atoms with Gasteiger partial charge in [0.15, 0.2) is 0 Å². The van der Waals surface area contributed by atoms with E-state index in [-0.39, 0.29) is 17.7 Å². The van der Waals surface area contributed by atoms with Gasteiger partial charge in [-0.05, 0) is 24.0 Å². The van der Waals surface area contributed by atoms with Crippen LogP contribution in [0.25, 0.3) is 0 Å². The Morgan fingerprint density at radius 2 is 1.76 bits per heavy atom. The fourth-order valence-electron chi connectivity index (χ4n) is 2.67. The monoisotopic (exact) mass is 289 g/mol. The molecule has 0 aliphatic carbocycles. The summed E-state index contributed by atoms with van der Waals surface area (Å²) in [7, 11) is 1.66. The third-order valence-corrected chi connectivity index (χ3v) is 4.08. The Morgan fingerprint density at radius 3 is 2.29 bits per heavy atom. The minimum Gasteiger partial charge on any atom is -0.359 e. The first kappa shape index (κ1) is 15.5. The van der Waals surface area contributed by atoms with E-state index in [0.29, 0.717) is 26.1 Å². The molecule has 5 heteroatoms. The summed E-state index contributed by atoms with van der Waals surface area (Å²) in [6.07, 6.45) is 1.91. The molecule has 1 saturated heterocycles. The average molecular weight is 289 g/mol. The molecule has 1 fully saturated rings. The maximum Gasteiger partial charge on any atom is 0.226 e. The molecule has 0 aromatic heterocycles. The molecular formula is C16H23N3O2. The first-order chi connectivity index (χ1) is 10.1. The van der Waals surface area contributed by atoms with E-state index in [4.69, 9.17) is 5.73 Å². The van der Waals surface area contributed by atoms with Crippen molar-refractivity contribution < 1.29 is 9.59 Å². The molecule has 0 spiro atoms. The lowest BCUT2D eigenvalue weighted by Crippen LogP contribution is -2.42. The van der Waals surface area contributed by atoms with Crippen molar-refractivity contribution in [3.05, 3.63) is 35.4 Å². The van der Waals surface area contributed by atoms with Crippen molar-refractivity contribution in [3.8, 4) is 0 Å². The highest BCUT2D eigenvalue weighted by Gasteiger charge is 2.26. The van der Waals surface area contributed by atoms with Gasteiger partial charge in [-0.3, -0.25) is 9.59 Å². The van der Waals surface area contributed by atoms with Crippen molar-refractivity contribution in [3.63, 3.8) is 0 Å². The molecule has 21 heavy (non-hydrogen) atoms. The molecule has 1 aromatic rings.